The summed E-state index contributed by atoms with van der Waals surface area (Å²) in [6.45, 7) is 10.9. The number of amides is 1. The van der Waals surface area contributed by atoms with Crippen molar-refractivity contribution < 1.29 is 33.6 Å². The summed E-state index contributed by atoms with van der Waals surface area (Å²) in [5.74, 6) is -0.176. The second-order valence-electron chi connectivity index (χ2n) is 13.1. The standard InChI is InChI=1S/C26H39NO7/c1-22(2,3)34-21(29)27-16-12-25(30)8-6-14-15-7-9-26(31-10-11-32-26)23(15,4)13-17(28)18(14)24(25,5)20-19(16)33-20/h14-16,18-20,30H,6-13H2,1-5H3,(H,27,29)/t14-,15-,16-,18+,19-,20-,23-,24-,25-/m1/s1. The minimum Gasteiger partial charge on any atom is -0.444 e. The van der Waals surface area contributed by atoms with Crippen molar-refractivity contribution in [3.8, 4) is 0 Å². The van der Waals surface area contributed by atoms with Gasteiger partial charge >= 0.3 is 6.09 Å². The number of ketones is 1. The zero-order valence-corrected chi connectivity index (χ0v) is 21.0. The number of hydrogen-bond acceptors (Lipinski definition) is 7. The van der Waals surface area contributed by atoms with E-state index in [1.54, 1.807) is 0 Å². The fraction of sp³-hybridized carbons (Fsp3) is 0.923. The quantitative estimate of drug-likeness (QED) is 0.559. The Labute approximate surface area is 201 Å². The molecule has 4 saturated carbocycles. The Hall–Kier alpha value is -1.22. The zero-order chi connectivity index (χ0) is 24.3. The zero-order valence-electron chi connectivity index (χ0n) is 21.0. The highest BCUT2D eigenvalue weighted by Gasteiger charge is 2.77. The van der Waals surface area contributed by atoms with Gasteiger partial charge in [0, 0.05) is 29.6 Å². The number of ether oxygens (including phenoxy) is 4. The fourth-order valence-corrected chi connectivity index (χ4v) is 8.92. The summed E-state index contributed by atoms with van der Waals surface area (Å²) >= 11 is 0. The van der Waals surface area contributed by atoms with Gasteiger partial charge in [-0.15, -0.1) is 0 Å². The van der Waals surface area contributed by atoms with Gasteiger partial charge in [-0.3, -0.25) is 4.79 Å². The molecule has 0 unspecified atom stereocenters. The van der Waals surface area contributed by atoms with Crippen molar-refractivity contribution in [2.24, 2.45) is 28.6 Å². The Bertz CT molecular complexity index is 909. The summed E-state index contributed by atoms with van der Waals surface area (Å²) in [7, 11) is 0. The largest absolute Gasteiger partial charge is 0.444 e. The number of hydrogen-bond donors (Lipinski definition) is 2. The molecule has 2 N–H and O–H groups in total. The molecule has 8 heteroatoms. The summed E-state index contributed by atoms with van der Waals surface area (Å²) in [5.41, 5.74) is -2.67. The molecule has 6 fully saturated rings. The van der Waals surface area contributed by atoms with Gasteiger partial charge in [-0.1, -0.05) is 13.8 Å². The van der Waals surface area contributed by atoms with Gasteiger partial charge in [0.1, 0.15) is 17.5 Å². The van der Waals surface area contributed by atoms with Crippen molar-refractivity contribution in [3.05, 3.63) is 0 Å². The van der Waals surface area contributed by atoms with Gasteiger partial charge in [-0.05, 0) is 58.3 Å². The van der Waals surface area contributed by atoms with Gasteiger partial charge in [0.15, 0.2) is 5.79 Å². The molecule has 9 atom stereocenters. The number of alkyl carbamates (subject to hydrolysis) is 1. The number of Topliss-reactive ketones (excluding diaryl/α,β-unsaturated/α-hetero) is 1. The summed E-state index contributed by atoms with van der Waals surface area (Å²) in [6, 6.07) is -0.325. The fourth-order valence-electron chi connectivity index (χ4n) is 8.92. The van der Waals surface area contributed by atoms with Crippen LogP contribution in [0.25, 0.3) is 0 Å². The third-order valence-electron chi connectivity index (χ3n) is 10.4. The SMILES string of the molecule is CC(C)(C)OC(=O)N[C@@H]1C[C@]2(O)CC[C@H]3[C@@H](C(=O)C[C@]4(C)[C@@H]3CCC43OCCO3)[C@]2(C)[C@@H]2O[C@@H]21. The molecule has 34 heavy (non-hydrogen) atoms. The molecule has 6 aliphatic rings. The van der Waals surface area contributed by atoms with Crippen molar-refractivity contribution in [2.45, 2.75) is 108 Å². The molecule has 0 aromatic rings. The molecule has 6 rings (SSSR count). The lowest BCUT2D eigenvalue weighted by Crippen LogP contribution is -2.70. The van der Waals surface area contributed by atoms with Crippen LogP contribution in [-0.2, 0) is 23.7 Å². The number of epoxide rings is 1. The highest BCUT2D eigenvalue weighted by Crippen LogP contribution is 2.71. The van der Waals surface area contributed by atoms with E-state index in [-0.39, 0.29) is 41.3 Å². The average molecular weight is 478 g/mol. The van der Waals surface area contributed by atoms with Crippen LogP contribution in [0.1, 0.15) is 73.1 Å². The van der Waals surface area contributed by atoms with E-state index in [1.165, 1.54) is 0 Å². The van der Waals surface area contributed by atoms with Crippen LogP contribution in [0, 0.1) is 28.6 Å². The van der Waals surface area contributed by atoms with Crippen molar-refractivity contribution in [3.63, 3.8) is 0 Å². The predicted octanol–water partition coefficient (Wildman–Crippen LogP) is 2.95. The minimum absolute atomic E-state index is 0.184. The van der Waals surface area contributed by atoms with Crippen molar-refractivity contribution >= 4 is 11.9 Å². The number of carbonyl (C=O) groups is 2. The molecule has 0 aromatic heterocycles. The highest BCUT2D eigenvalue weighted by atomic mass is 16.7. The van der Waals surface area contributed by atoms with E-state index in [0.29, 0.717) is 38.4 Å². The van der Waals surface area contributed by atoms with Gasteiger partial charge in [-0.2, -0.15) is 0 Å². The lowest BCUT2D eigenvalue weighted by atomic mass is 9.43. The van der Waals surface area contributed by atoms with Crippen LogP contribution in [-0.4, -0.2) is 65.4 Å². The van der Waals surface area contributed by atoms with Crippen LogP contribution in [0.3, 0.4) is 0 Å². The second kappa shape index (κ2) is 6.96. The number of nitrogens with one attached hydrogen (secondary N) is 1. The van der Waals surface area contributed by atoms with E-state index in [2.05, 4.69) is 19.2 Å². The summed E-state index contributed by atoms with van der Waals surface area (Å²) in [4.78, 5) is 26.4. The van der Waals surface area contributed by atoms with Gasteiger partial charge in [0.25, 0.3) is 0 Å². The van der Waals surface area contributed by atoms with Gasteiger partial charge in [0.2, 0.25) is 0 Å². The van der Waals surface area contributed by atoms with Gasteiger partial charge < -0.3 is 29.4 Å². The van der Waals surface area contributed by atoms with E-state index in [0.717, 1.165) is 19.3 Å². The first kappa shape index (κ1) is 23.2. The lowest BCUT2D eigenvalue weighted by molar-refractivity contribution is -0.251. The molecule has 4 aliphatic carbocycles. The molecule has 2 heterocycles. The van der Waals surface area contributed by atoms with Crippen LogP contribution in [0.5, 0.6) is 0 Å². The highest BCUT2D eigenvalue weighted by molar-refractivity contribution is 5.85. The third kappa shape index (κ3) is 2.91. The molecule has 1 amide bonds. The maximum Gasteiger partial charge on any atom is 0.407 e. The van der Waals surface area contributed by atoms with Crippen molar-refractivity contribution in [1.82, 2.24) is 5.32 Å². The molecule has 0 aromatic carbocycles. The Morgan fingerprint density at radius 2 is 1.85 bits per heavy atom. The van der Waals surface area contributed by atoms with E-state index in [4.69, 9.17) is 18.9 Å². The first-order chi connectivity index (χ1) is 15.8. The smallest absolute Gasteiger partial charge is 0.407 e. The maximum absolute atomic E-state index is 13.9. The third-order valence-corrected chi connectivity index (χ3v) is 10.4. The van der Waals surface area contributed by atoms with Crippen LogP contribution >= 0.6 is 0 Å². The number of carbonyl (C=O) groups excluding carboxylic acids is 2. The second-order valence-corrected chi connectivity index (χ2v) is 13.1. The summed E-state index contributed by atoms with van der Waals surface area (Å²) in [6.07, 6.45) is 3.04. The van der Waals surface area contributed by atoms with Gasteiger partial charge in [0.05, 0.1) is 31.0 Å². The molecule has 0 radical (unpaired) electrons. The summed E-state index contributed by atoms with van der Waals surface area (Å²) in [5, 5.41) is 15.0. The molecular weight excluding hydrogens is 438 g/mol. The van der Waals surface area contributed by atoms with E-state index < -0.39 is 28.5 Å². The first-order valence-corrected chi connectivity index (χ1v) is 13.0. The first-order valence-electron chi connectivity index (χ1n) is 13.0. The molecule has 2 aliphatic heterocycles. The predicted molar refractivity (Wildman–Crippen MR) is 121 cm³/mol. The topological polar surface area (TPSA) is 107 Å². The van der Waals surface area contributed by atoms with E-state index >= 15 is 0 Å². The normalized spacial score (nSPS) is 50.7. The van der Waals surface area contributed by atoms with Gasteiger partial charge in [-0.25, -0.2) is 4.79 Å². The molecule has 190 valence electrons. The Morgan fingerprint density at radius 1 is 1.15 bits per heavy atom. The Kier molecular flexibility index (Phi) is 4.75. The van der Waals surface area contributed by atoms with Crippen LogP contribution < -0.4 is 5.32 Å². The van der Waals surface area contributed by atoms with Crippen molar-refractivity contribution in [2.75, 3.05) is 13.2 Å². The number of rotatable bonds is 1. The van der Waals surface area contributed by atoms with E-state index in [1.807, 2.05) is 20.8 Å². The van der Waals surface area contributed by atoms with Crippen LogP contribution in [0.15, 0.2) is 0 Å². The average Bonchev–Trinajstić information content (AvgIpc) is 3.30. The Morgan fingerprint density at radius 3 is 2.53 bits per heavy atom. The molecule has 1 spiro atoms. The Balaban J connectivity index is 1.27. The molecule has 0 bridgehead atoms. The number of aliphatic hydroxyl groups is 1. The molecule has 8 nitrogen and oxygen atoms in total. The maximum atomic E-state index is 13.9. The molecule has 2 saturated heterocycles. The van der Waals surface area contributed by atoms with Crippen LogP contribution in [0.4, 0.5) is 4.79 Å². The summed E-state index contributed by atoms with van der Waals surface area (Å²) < 4.78 is 23.9. The number of fused-ring (bicyclic) bond motifs is 8. The van der Waals surface area contributed by atoms with Crippen LogP contribution in [0.2, 0.25) is 0 Å². The minimum atomic E-state index is -1.08. The monoisotopic (exact) mass is 477 g/mol. The van der Waals surface area contributed by atoms with Crippen molar-refractivity contribution in [1.29, 1.82) is 0 Å². The van der Waals surface area contributed by atoms with E-state index in [9.17, 15) is 14.7 Å². The molecular formula is C26H39NO7. The lowest BCUT2D eigenvalue weighted by Gasteiger charge is -2.62.